The van der Waals surface area contributed by atoms with E-state index in [1.54, 1.807) is 11.3 Å². The summed E-state index contributed by atoms with van der Waals surface area (Å²) in [6.45, 7) is 4.12. The van der Waals surface area contributed by atoms with Crippen LogP contribution in [0.1, 0.15) is 19.3 Å². The van der Waals surface area contributed by atoms with E-state index in [4.69, 9.17) is 10.7 Å². The maximum atomic E-state index is 5.61. The normalized spacial score (nSPS) is 16.2. The lowest BCUT2D eigenvalue weighted by molar-refractivity contribution is 0.217. The van der Waals surface area contributed by atoms with Gasteiger partial charge in [0, 0.05) is 30.0 Å². The van der Waals surface area contributed by atoms with E-state index in [9.17, 15) is 0 Å². The van der Waals surface area contributed by atoms with Gasteiger partial charge in [-0.25, -0.2) is 9.97 Å². The summed E-state index contributed by atoms with van der Waals surface area (Å²) in [5.74, 6) is 0.736. The Balaban J connectivity index is 1.42. The molecule has 1 aromatic carbocycles. The number of likely N-dealkylation sites (tertiary alicyclic amines) is 1. The second-order valence-corrected chi connectivity index (χ2v) is 7.90. The number of nitrogens with zero attached hydrogens (tertiary/aromatic N) is 3. The first kappa shape index (κ1) is 17.4. The number of hydrogen-bond acceptors (Lipinski definition) is 6. The third kappa shape index (κ3) is 4.03. The Hall–Kier alpha value is -2.02. The molecule has 0 bridgehead atoms. The van der Waals surface area contributed by atoms with E-state index in [1.807, 2.05) is 12.3 Å². The van der Waals surface area contributed by atoms with E-state index in [0.717, 1.165) is 57.1 Å². The van der Waals surface area contributed by atoms with Crippen LogP contribution in [0, 0.1) is 0 Å². The molecule has 1 fully saturated rings. The summed E-state index contributed by atoms with van der Waals surface area (Å²) in [5.41, 5.74) is 6.60. The van der Waals surface area contributed by atoms with Gasteiger partial charge >= 0.3 is 0 Å². The number of hydrogen-bond donors (Lipinski definition) is 2. The van der Waals surface area contributed by atoms with Gasteiger partial charge in [0.1, 0.15) is 0 Å². The summed E-state index contributed by atoms with van der Waals surface area (Å²) in [7, 11) is 0. The van der Waals surface area contributed by atoms with Crippen molar-refractivity contribution in [3.8, 4) is 10.6 Å². The number of anilines is 1. The fourth-order valence-corrected chi connectivity index (χ4v) is 4.50. The van der Waals surface area contributed by atoms with Crippen molar-refractivity contribution in [2.75, 3.05) is 31.5 Å². The Morgan fingerprint density at radius 3 is 2.85 bits per heavy atom. The van der Waals surface area contributed by atoms with Crippen LogP contribution in [0.2, 0.25) is 0 Å². The summed E-state index contributed by atoms with van der Waals surface area (Å²) in [5, 5.41) is 4.80. The SMILES string of the molecule is NCCCN1CCC(Nc2nccc(-c3cc4ccccc4s3)n2)CC1. The van der Waals surface area contributed by atoms with Gasteiger partial charge in [-0.3, -0.25) is 0 Å². The topological polar surface area (TPSA) is 67.1 Å². The van der Waals surface area contributed by atoms with Crippen molar-refractivity contribution in [1.29, 1.82) is 0 Å². The summed E-state index contributed by atoms with van der Waals surface area (Å²) in [6, 6.07) is 13.1. The third-order valence-corrected chi connectivity index (χ3v) is 6.07. The highest BCUT2D eigenvalue weighted by Gasteiger charge is 2.19. The quantitative estimate of drug-likeness (QED) is 0.697. The van der Waals surface area contributed by atoms with Crippen LogP contribution in [0.3, 0.4) is 0 Å². The minimum atomic E-state index is 0.446. The van der Waals surface area contributed by atoms with Crippen molar-refractivity contribution < 1.29 is 0 Å². The molecule has 5 nitrogen and oxygen atoms in total. The Bertz CT molecular complexity index is 821. The summed E-state index contributed by atoms with van der Waals surface area (Å²) in [4.78, 5) is 12.9. The second kappa shape index (κ2) is 8.12. The Morgan fingerprint density at radius 1 is 1.19 bits per heavy atom. The van der Waals surface area contributed by atoms with E-state index in [-0.39, 0.29) is 0 Å². The maximum Gasteiger partial charge on any atom is 0.223 e. The molecule has 2 aromatic heterocycles. The standard InChI is InChI=1S/C20H25N5S/c21-9-3-11-25-12-7-16(8-13-25)23-20-22-10-6-17(24-20)19-14-15-4-1-2-5-18(15)26-19/h1-2,4-6,10,14,16H,3,7-9,11-13,21H2,(H,22,23,24). The number of aromatic nitrogens is 2. The molecule has 0 radical (unpaired) electrons. The second-order valence-electron chi connectivity index (χ2n) is 6.82. The van der Waals surface area contributed by atoms with Gasteiger partial charge in [-0.1, -0.05) is 18.2 Å². The smallest absolute Gasteiger partial charge is 0.223 e. The molecule has 1 aliphatic rings. The monoisotopic (exact) mass is 367 g/mol. The van der Waals surface area contributed by atoms with Gasteiger partial charge in [-0.05, 0) is 55.9 Å². The fraction of sp³-hybridized carbons (Fsp3) is 0.400. The molecular formula is C20H25N5S. The van der Waals surface area contributed by atoms with Crippen LogP contribution >= 0.6 is 11.3 Å². The largest absolute Gasteiger partial charge is 0.351 e. The van der Waals surface area contributed by atoms with Crippen molar-refractivity contribution in [3.63, 3.8) is 0 Å². The Labute approximate surface area is 158 Å². The third-order valence-electron chi connectivity index (χ3n) is 4.93. The molecule has 26 heavy (non-hydrogen) atoms. The van der Waals surface area contributed by atoms with Crippen LogP contribution in [-0.2, 0) is 0 Å². The highest BCUT2D eigenvalue weighted by molar-refractivity contribution is 7.22. The number of fused-ring (bicyclic) bond motifs is 1. The minimum Gasteiger partial charge on any atom is -0.351 e. The van der Waals surface area contributed by atoms with E-state index in [1.165, 1.54) is 15.0 Å². The molecule has 0 unspecified atom stereocenters. The molecule has 0 saturated carbocycles. The van der Waals surface area contributed by atoms with Crippen molar-refractivity contribution in [1.82, 2.24) is 14.9 Å². The molecule has 3 heterocycles. The molecule has 6 heteroatoms. The number of piperidine rings is 1. The number of benzene rings is 1. The first-order valence-corrected chi connectivity index (χ1v) is 10.1. The number of rotatable bonds is 6. The zero-order valence-corrected chi connectivity index (χ0v) is 15.7. The fourth-order valence-electron chi connectivity index (χ4n) is 3.47. The minimum absolute atomic E-state index is 0.446. The lowest BCUT2D eigenvalue weighted by Crippen LogP contribution is -2.40. The molecule has 0 spiro atoms. The van der Waals surface area contributed by atoms with Crippen molar-refractivity contribution in [2.45, 2.75) is 25.3 Å². The van der Waals surface area contributed by atoms with Crippen LogP contribution in [0.4, 0.5) is 5.95 Å². The number of thiophene rings is 1. The average Bonchev–Trinajstić information content (AvgIpc) is 3.12. The predicted octanol–water partition coefficient (Wildman–Crippen LogP) is 3.58. The molecule has 1 aliphatic heterocycles. The van der Waals surface area contributed by atoms with Crippen LogP contribution in [-0.4, -0.2) is 47.1 Å². The van der Waals surface area contributed by atoms with Gasteiger partial charge in [0.25, 0.3) is 0 Å². The summed E-state index contributed by atoms with van der Waals surface area (Å²) < 4.78 is 1.29. The van der Waals surface area contributed by atoms with E-state index in [2.05, 4.69) is 45.5 Å². The number of nitrogens with two attached hydrogens (primary N) is 1. The van der Waals surface area contributed by atoms with Crippen molar-refractivity contribution >= 4 is 27.4 Å². The molecule has 0 amide bonds. The van der Waals surface area contributed by atoms with Crippen LogP contribution < -0.4 is 11.1 Å². The van der Waals surface area contributed by atoms with Gasteiger partial charge in [-0.15, -0.1) is 11.3 Å². The van der Waals surface area contributed by atoms with Gasteiger partial charge in [0.2, 0.25) is 5.95 Å². The van der Waals surface area contributed by atoms with Gasteiger partial charge < -0.3 is 16.0 Å². The zero-order chi connectivity index (χ0) is 17.8. The van der Waals surface area contributed by atoms with Crippen LogP contribution in [0.5, 0.6) is 0 Å². The van der Waals surface area contributed by atoms with Gasteiger partial charge in [0.15, 0.2) is 0 Å². The van der Waals surface area contributed by atoms with E-state index in [0.29, 0.717) is 6.04 Å². The zero-order valence-electron chi connectivity index (χ0n) is 14.9. The van der Waals surface area contributed by atoms with Gasteiger partial charge in [0.05, 0.1) is 10.6 Å². The molecule has 0 aliphatic carbocycles. The maximum absolute atomic E-state index is 5.61. The van der Waals surface area contributed by atoms with E-state index >= 15 is 0 Å². The molecule has 136 valence electrons. The van der Waals surface area contributed by atoms with Crippen molar-refractivity contribution in [3.05, 3.63) is 42.6 Å². The predicted molar refractivity (Wildman–Crippen MR) is 110 cm³/mol. The molecule has 3 aromatic rings. The van der Waals surface area contributed by atoms with Crippen LogP contribution in [0.25, 0.3) is 20.7 Å². The summed E-state index contributed by atoms with van der Waals surface area (Å²) in [6.07, 6.45) is 5.19. The van der Waals surface area contributed by atoms with Gasteiger partial charge in [-0.2, -0.15) is 0 Å². The first-order valence-electron chi connectivity index (χ1n) is 9.33. The Kier molecular flexibility index (Phi) is 5.43. The highest BCUT2D eigenvalue weighted by atomic mass is 32.1. The highest BCUT2D eigenvalue weighted by Crippen LogP contribution is 2.32. The molecule has 4 rings (SSSR count). The average molecular weight is 368 g/mol. The van der Waals surface area contributed by atoms with Crippen LogP contribution in [0.15, 0.2) is 42.6 Å². The van der Waals surface area contributed by atoms with E-state index < -0.39 is 0 Å². The van der Waals surface area contributed by atoms with Crippen molar-refractivity contribution in [2.24, 2.45) is 5.73 Å². The Morgan fingerprint density at radius 2 is 2.04 bits per heavy atom. The lowest BCUT2D eigenvalue weighted by Gasteiger charge is -2.32. The summed E-state index contributed by atoms with van der Waals surface area (Å²) >= 11 is 1.78. The lowest BCUT2D eigenvalue weighted by atomic mass is 10.1. The first-order chi connectivity index (χ1) is 12.8. The number of nitrogens with one attached hydrogen (secondary N) is 1. The molecular weight excluding hydrogens is 342 g/mol. The molecule has 0 atom stereocenters. The molecule has 3 N–H and O–H groups in total. The molecule has 1 saturated heterocycles.